The fourth-order valence-corrected chi connectivity index (χ4v) is 2.41. The zero-order chi connectivity index (χ0) is 14.9. The Morgan fingerprint density at radius 2 is 1.90 bits per heavy atom. The second-order valence-corrected chi connectivity index (χ2v) is 6.31. The minimum absolute atomic E-state index is 0.0374. The number of aryl methyl sites for hydroxylation is 1. The van der Waals surface area contributed by atoms with Crippen LogP contribution < -0.4 is 0 Å². The van der Waals surface area contributed by atoms with Gasteiger partial charge in [0.15, 0.2) is 0 Å². The van der Waals surface area contributed by atoms with Crippen LogP contribution in [0.1, 0.15) is 31.1 Å². The van der Waals surface area contributed by atoms with Gasteiger partial charge in [-0.3, -0.25) is 0 Å². The Morgan fingerprint density at radius 3 is 2.45 bits per heavy atom. The second kappa shape index (κ2) is 5.44. The van der Waals surface area contributed by atoms with Crippen LogP contribution in [-0.2, 0) is 4.74 Å². The summed E-state index contributed by atoms with van der Waals surface area (Å²) in [6.45, 7) is 7.29. The Balaban J connectivity index is 2.20. The van der Waals surface area contributed by atoms with Crippen molar-refractivity contribution in [2.75, 3.05) is 27.2 Å². The van der Waals surface area contributed by atoms with Crippen molar-refractivity contribution in [3.8, 4) is 0 Å². The maximum Gasteiger partial charge on any atom is 0.320 e. The molecule has 20 heavy (non-hydrogen) atoms. The summed E-state index contributed by atoms with van der Waals surface area (Å²) in [7, 11) is 3.57. The summed E-state index contributed by atoms with van der Waals surface area (Å²) in [6.07, 6.45) is -0.0486. The number of amides is 2. The van der Waals surface area contributed by atoms with Crippen LogP contribution >= 0.6 is 0 Å². The first-order chi connectivity index (χ1) is 9.31. The molecule has 1 saturated heterocycles. The maximum absolute atomic E-state index is 12.3. The van der Waals surface area contributed by atoms with Gasteiger partial charge in [-0.25, -0.2) is 4.79 Å². The van der Waals surface area contributed by atoms with Crippen molar-refractivity contribution in [2.45, 2.75) is 32.4 Å². The van der Waals surface area contributed by atoms with Crippen LogP contribution in [0.15, 0.2) is 24.3 Å². The summed E-state index contributed by atoms with van der Waals surface area (Å²) in [5.41, 5.74) is 2.08. The molecule has 0 spiro atoms. The van der Waals surface area contributed by atoms with Gasteiger partial charge in [0.2, 0.25) is 0 Å². The highest BCUT2D eigenvalue weighted by Gasteiger charge is 2.39. The lowest BCUT2D eigenvalue weighted by Crippen LogP contribution is -2.58. The van der Waals surface area contributed by atoms with E-state index >= 15 is 0 Å². The molecular formula is C16H24N2O2. The third-order valence-electron chi connectivity index (χ3n) is 3.78. The van der Waals surface area contributed by atoms with E-state index < -0.39 is 0 Å². The highest BCUT2D eigenvalue weighted by Crippen LogP contribution is 2.30. The minimum Gasteiger partial charge on any atom is -0.369 e. The number of urea groups is 1. The van der Waals surface area contributed by atoms with Crippen LogP contribution in [0.3, 0.4) is 0 Å². The average Bonchev–Trinajstić information content (AvgIpc) is 2.39. The molecule has 2 rings (SSSR count). The Labute approximate surface area is 121 Å². The summed E-state index contributed by atoms with van der Waals surface area (Å²) >= 11 is 0. The Morgan fingerprint density at radius 1 is 1.30 bits per heavy atom. The predicted molar refractivity (Wildman–Crippen MR) is 79.7 cm³/mol. The van der Waals surface area contributed by atoms with E-state index in [1.807, 2.05) is 18.7 Å². The van der Waals surface area contributed by atoms with Gasteiger partial charge in [0, 0.05) is 14.1 Å². The van der Waals surface area contributed by atoms with E-state index in [-0.39, 0.29) is 17.7 Å². The van der Waals surface area contributed by atoms with Crippen molar-refractivity contribution >= 4 is 6.03 Å². The van der Waals surface area contributed by atoms with E-state index in [0.29, 0.717) is 13.2 Å². The highest BCUT2D eigenvalue weighted by molar-refractivity contribution is 5.75. The van der Waals surface area contributed by atoms with E-state index in [0.717, 1.165) is 5.56 Å². The van der Waals surface area contributed by atoms with Gasteiger partial charge in [-0.05, 0) is 26.3 Å². The lowest BCUT2D eigenvalue weighted by molar-refractivity contribution is -0.0837. The van der Waals surface area contributed by atoms with Crippen LogP contribution in [0.25, 0.3) is 0 Å². The number of hydrogen-bond donors (Lipinski definition) is 0. The molecule has 1 unspecified atom stereocenters. The molecule has 1 aliphatic heterocycles. The standard InChI is InChI=1S/C16H24N2O2/c1-12-6-8-13(9-7-12)14-10-18(15(19)17(4)5)16(2,3)11-20-14/h6-9,14H,10-11H2,1-5H3. The number of carbonyl (C=O) groups excluding carboxylic acids is 1. The third-order valence-corrected chi connectivity index (χ3v) is 3.78. The number of ether oxygens (including phenoxy) is 1. The molecule has 0 aliphatic carbocycles. The number of benzene rings is 1. The van der Waals surface area contributed by atoms with Gasteiger partial charge in [-0.1, -0.05) is 29.8 Å². The highest BCUT2D eigenvalue weighted by atomic mass is 16.5. The Bertz CT molecular complexity index is 480. The molecule has 1 fully saturated rings. The first kappa shape index (κ1) is 14.9. The molecule has 110 valence electrons. The largest absolute Gasteiger partial charge is 0.369 e. The van der Waals surface area contributed by atoms with E-state index in [9.17, 15) is 4.79 Å². The van der Waals surface area contributed by atoms with Crippen molar-refractivity contribution in [3.05, 3.63) is 35.4 Å². The van der Waals surface area contributed by atoms with Gasteiger partial charge < -0.3 is 14.5 Å². The Kier molecular flexibility index (Phi) is 4.04. The molecule has 1 heterocycles. The molecule has 0 aromatic heterocycles. The predicted octanol–water partition coefficient (Wildman–Crippen LogP) is 2.83. The lowest BCUT2D eigenvalue weighted by Gasteiger charge is -2.46. The quantitative estimate of drug-likeness (QED) is 0.790. The van der Waals surface area contributed by atoms with Gasteiger partial charge in [0.1, 0.15) is 6.10 Å². The number of rotatable bonds is 1. The van der Waals surface area contributed by atoms with E-state index in [1.54, 1.807) is 19.0 Å². The smallest absolute Gasteiger partial charge is 0.320 e. The average molecular weight is 276 g/mol. The van der Waals surface area contributed by atoms with Crippen molar-refractivity contribution < 1.29 is 9.53 Å². The minimum atomic E-state index is -0.275. The zero-order valence-corrected chi connectivity index (χ0v) is 13.0. The van der Waals surface area contributed by atoms with Crippen LogP contribution in [0, 0.1) is 6.92 Å². The number of morpholine rings is 1. The van der Waals surface area contributed by atoms with Crippen molar-refractivity contribution in [2.24, 2.45) is 0 Å². The Hall–Kier alpha value is -1.55. The van der Waals surface area contributed by atoms with Gasteiger partial charge in [0.05, 0.1) is 18.7 Å². The first-order valence-electron chi connectivity index (χ1n) is 6.98. The molecule has 1 aromatic rings. The van der Waals surface area contributed by atoms with Crippen LogP contribution in [0.2, 0.25) is 0 Å². The molecule has 0 radical (unpaired) electrons. The molecule has 4 heteroatoms. The normalized spacial score (nSPS) is 21.6. The van der Waals surface area contributed by atoms with Crippen molar-refractivity contribution in [3.63, 3.8) is 0 Å². The molecule has 1 aliphatic rings. The van der Waals surface area contributed by atoms with Crippen LogP contribution in [0.4, 0.5) is 4.79 Å². The molecule has 0 bridgehead atoms. The molecular weight excluding hydrogens is 252 g/mol. The summed E-state index contributed by atoms with van der Waals surface area (Å²) in [5.74, 6) is 0. The number of hydrogen-bond acceptors (Lipinski definition) is 2. The molecule has 4 nitrogen and oxygen atoms in total. The van der Waals surface area contributed by atoms with Gasteiger partial charge in [-0.2, -0.15) is 0 Å². The number of nitrogens with zero attached hydrogens (tertiary/aromatic N) is 2. The third kappa shape index (κ3) is 2.96. The lowest BCUT2D eigenvalue weighted by atomic mass is 9.98. The summed E-state index contributed by atoms with van der Waals surface area (Å²) in [6, 6.07) is 8.36. The van der Waals surface area contributed by atoms with Crippen molar-refractivity contribution in [1.82, 2.24) is 9.80 Å². The molecule has 1 aromatic carbocycles. The molecule has 1 atom stereocenters. The van der Waals surface area contributed by atoms with E-state index in [4.69, 9.17) is 4.74 Å². The summed E-state index contributed by atoms with van der Waals surface area (Å²) < 4.78 is 5.97. The van der Waals surface area contributed by atoms with Crippen molar-refractivity contribution in [1.29, 1.82) is 0 Å². The maximum atomic E-state index is 12.3. The fourth-order valence-electron chi connectivity index (χ4n) is 2.41. The summed E-state index contributed by atoms with van der Waals surface area (Å²) in [5, 5.41) is 0. The zero-order valence-electron chi connectivity index (χ0n) is 13.0. The fraction of sp³-hybridized carbons (Fsp3) is 0.562. The molecule has 0 saturated carbocycles. The second-order valence-electron chi connectivity index (χ2n) is 6.31. The summed E-state index contributed by atoms with van der Waals surface area (Å²) in [4.78, 5) is 15.9. The van der Waals surface area contributed by atoms with E-state index in [2.05, 4.69) is 31.2 Å². The topological polar surface area (TPSA) is 32.8 Å². The molecule has 0 N–H and O–H groups in total. The number of carbonyl (C=O) groups is 1. The first-order valence-corrected chi connectivity index (χ1v) is 6.98. The van der Waals surface area contributed by atoms with Gasteiger partial charge >= 0.3 is 6.03 Å². The van der Waals surface area contributed by atoms with Crippen LogP contribution in [-0.4, -0.2) is 48.6 Å². The van der Waals surface area contributed by atoms with Gasteiger partial charge in [-0.15, -0.1) is 0 Å². The SMILES string of the molecule is Cc1ccc(C2CN(C(=O)N(C)C)C(C)(C)CO2)cc1. The monoisotopic (exact) mass is 276 g/mol. The molecule has 2 amide bonds. The van der Waals surface area contributed by atoms with Gasteiger partial charge in [0.25, 0.3) is 0 Å². The van der Waals surface area contributed by atoms with E-state index in [1.165, 1.54) is 5.56 Å². The van der Waals surface area contributed by atoms with Crippen LogP contribution in [0.5, 0.6) is 0 Å².